The number of halogens is 2. The van der Waals surface area contributed by atoms with E-state index in [1.165, 1.54) is 36.5 Å². The fourth-order valence-corrected chi connectivity index (χ4v) is 1.83. The maximum Gasteiger partial charge on any atom is 0.313 e. The Morgan fingerprint density at radius 2 is 2.05 bits per heavy atom. The Labute approximate surface area is 124 Å². The zero-order valence-corrected chi connectivity index (χ0v) is 11.8. The van der Waals surface area contributed by atoms with Crippen molar-refractivity contribution >= 4 is 17.2 Å². The Bertz CT molecular complexity index is 749. The highest BCUT2D eigenvalue weighted by molar-refractivity contribution is 5.99. The first-order chi connectivity index (χ1) is 10.4. The van der Waals surface area contributed by atoms with Crippen LogP contribution in [0, 0.1) is 21.7 Å². The first-order valence-electron chi connectivity index (χ1n) is 6.24. The lowest BCUT2D eigenvalue weighted by atomic mass is 10.1. The monoisotopic (exact) mass is 306 g/mol. The highest BCUT2D eigenvalue weighted by Crippen LogP contribution is 2.24. The molecule has 0 saturated carbocycles. The van der Waals surface area contributed by atoms with Gasteiger partial charge in [-0.1, -0.05) is 0 Å². The molecule has 0 radical (unpaired) electrons. The minimum absolute atomic E-state index is 0.0504. The molecule has 0 saturated heterocycles. The molecule has 0 bridgehead atoms. The quantitative estimate of drug-likeness (QED) is 0.494. The average molecular weight is 306 g/mol. The van der Waals surface area contributed by atoms with Crippen LogP contribution in [0.5, 0.6) is 0 Å². The molecule has 2 aromatic rings. The minimum atomic E-state index is -0.987. The number of hydrogen-bond donors (Lipinski definition) is 0. The van der Waals surface area contributed by atoms with E-state index in [0.29, 0.717) is 11.3 Å². The van der Waals surface area contributed by atoms with Crippen LogP contribution in [0.4, 0.5) is 20.3 Å². The van der Waals surface area contributed by atoms with Crippen LogP contribution >= 0.6 is 0 Å². The molecule has 0 spiro atoms. The van der Waals surface area contributed by atoms with Crippen LogP contribution in [0.1, 0.15) is 12.5 Å². The Hall–Kier alpha value is -2.90. The van der Waals surface area contributed by atoms with Gasteiger partial charge in [-0.3, -0.25) is 10.1 Å². The topological polar surface area (TPSA) is 71.6 Å². The van der Waals surface area contributed by atoms with Crippen LogP contribution in [0.2, 0.25) is 0 Å². The predicted molar refractivity (Wildman–Crippen MR) is 77.9 cm³/mol. The van der Waals surface area contributed by atoms with Crippen LogP contribution in [0.15, 0.2) is 41.6 Å². The normalized spacial score (nSPS) is 11.4. The van der Waals surface area contributed by atoms with Crippen molar-refractivity contribution in [2.45, 2.75) is 6.92 Å². The van der Waals surface area contributed by atoms with Crippen molar-refractivity contribution in [3.8, 4) is 0 Å². The van der Waals surface area contributed by atoms with Crippen molar-refractivity contribution in [1.82, 2.24) is 4.98 Å². The summed E-state index contributed by atoms with van der Waals surface area (Å²) in [6.45, 7) is 1.58. The Kier molecular flexibility index (Phi) is 4.40. The number of aromatic nitrogens is 1. The molecular weight excluding hydrogens is 294 g/mol. The average Bonchev–Trinajstić information content (AvgIpc) is 2.49. The first-order valence-corrected chi connectivity index (χ1v) is 6.24. The van der Waals surface area contributed by atoms with Gasteiger partial charge < -0.3 is 0 Å². The number of benzene rings is 1. The summed E-state index contributed by atoms with van der Waals surface area (Å²) in [5.74, 6) is -1.89. The summed E-state index contributed by atoms with van der Waals surface area (Å²) in [5.41, 5.74) is 0.525. The summed E-state index contributed by atoms with van der Waals surface area (Å²) in [4.78, 5) is 14.3. The van der Waals surface area contributed by atoms with E-state index < -0.39 is 16.6 Å². The fraction of sp³-hybridized carbons (Fsp3) is 0.143. The van der Waals surface area contributed by atoms with E-state index in [4.69, 9.17) is 0 Å². The van der Waals surface area contributed by atoms with Gasteiger partial charge in [0.25, 0.3) is 0 Å². The molecule has 114 valence electrons. The zero-order valence-electron chi connectivity index (χ0n) is 11.8. The van der Waals surface area contributed by atoms with Crippen LogP contribution in [-0.4, -0.2) is 22.7 Å². The van der Waals surface area contributed by atoms with Gasteiger partial charge in [0, 0.05) is 24.9 Å². The van der Waals surface area contributed by atoms with Gasteiger partial charge in [0.15, 0.2) is 11.6 Å². The van der Waals surface area contributed by atoms with Crippen molar-refractivity contribution in [3.63, 3.8) is 0 Å². The summed E-state index contributed by atoms with van der Waals surface area (Å²) in [6.07, 6.45) is 1.40. The van der Waals surface area contributed by atoms with Gasteiger partial charge in [0.1, 0.15) is 0 Å². The van der Waals surface area contributed by atoms with Gasteiger partial charge in [-0.2, -0.15) is 5.10 Å². The molecule has 0 fully saturated rings. The maximum atomic E-state index is 13.2. The van der Waals surface area contributed by atoms with Crippen molar-refractivity contribution < 1.29 is 13.7 Å². The highest BCUT2D eigenvalue weighted by atomic mass is 19.2. The molecule has 22 heavy (non-hydrogen) atoms. The molecule has 0 aliphatic heterocycles. The van der Waals surface area contributed by atoms with Gasteiger partial charge in [-0.25, -0.2) is 18.8 Å². The molecular formula is C14H12F2N4O2. The number of nitro groups is 1. The Morgan fingerprint density at radius 1 is 1.32 bits per heavy atom. The van der Waals surface area contributed by atoms with Crippen LogP contribution in [0.25, 0.3) is 0 Å². The smallest absolute Gasteiger partial charge is 0.258 e. The first kappa shape index (κ1) is 15.5. The summed E-state index contributed by atoms with van der Waals surface area (Å²) in [7, 11) is 1.48. The number of hydrogen-bond acceptors (Lipinski definition) is 5. The summed E-state index contributed by atoms with van der Waals surface area (Å²) in [5, 5.41) is 16.3. The van der Waals surface area contributed by atoms with Crippen LogP contribution < -0.4 is 5.01 Å². The number of nitrogens with zero attached hydrogens (tertiary/aromatic N) is 4. The van der Waals surface area contributed by atoms with Gasteiger partial charge in [-0.15, -0.1) is 0 Å². The largest absolute Gasteiger partial charge is 0.313 e. The second kappa shape index (κ2) is 6.25. The lowest BCUT2D eigenvalue weighted by Gasteiger charge is -2.13. The molecule has 0 atom stereocenters. The zero-order chi connectivity index (χ0) is 16.3. The summed E-state index contributed by atoms with van der Waals surface area (Å²) < 4.78 is 26.1. The predicted octanol–water partition coefficient (Wildman–Crippen LogP) is 3.13. The second-order valence-electron chi connectivity index (χ2n) is 4.44. The number of anilines is 1. The molecule has 0 amide bonds. The lowest BCUT2D eigenvalue weighted by molar-refractivity contribution is -0.384. The van der Waals surface area contributed by atoms with Gasteiger partial charge in [0.05, 0.1) is 10.6 Å². The molecule has 0 aliphatic rings. The number of pyridine rings is 1. The Balaban J connectivity index is 2.35. The van der Waals surface area contributed by atoms with E-state index >= 15 is 0 Å². The van der Waals surface area contributed by atoms with Gasteiger partial charge in [0.2, 0.25) is 5.82 Å². The van der Waals surface area contributed by atoms with E-state index in [0.717, 1.165) is 12.1 Å². The number of rotatable bonds is 4. The molecule has 8 heteroatoms. The third kappa shape index (κ3) is 3.22. The molecule has 1 heterocycles. The van der Waals surface area contributed by atoms with Crippen molar-refractivity contribution in [1.29, 1.82) is 0 Å². The number of hydrazone groups is 1. The minimum Gasteiger partial charge on any atom is -0.258 e. The third-order valence-corrected chi connectivity index (χ3v) is 2.91. The Morgan fingerprint density at radius 3 is 2.68 bits per heavy atom. The van der Waals surface area contributed by atoms with E-state index in [1.807, 2.05) is 0 Å². The lowest BCUT2D eigenvalue weighted by Crippen LogP contribution is -2.15. The van der Waals surface area contributed by atoms with E-state index in [-0.39, 0.29) is 11.5 Å². The molecule has 1 aromatic carbocycles. The van der Waals surface area contributed by atoms with Crippen molar-refractivity contribution in [2.24, 2.45) is 5.10 Å². The van der Waals surface area contributed by atoms with Crippen LogP contribution in [-0.2, 0) is 0 Å². The van der Waals surface area contributed by atoms with E-state index in [9.17, 15) is 18.9 Å². The second-order valence-corrected chi connectivity index (χ2v) is 4.44. The molecule has 0 aliphatic carbocycles. The van der Waals surface area contributed by atoms with Gasteiger partial charge >= 0.3 is 5.69 Å². The molecule has 2 rings (SSSR count). The molecule has 6 nitrogen and oxygen atoms in total. The van der Waals surface area contributed by atoms with E-state index in [1.54, 1.807) is 6.92 Å². The van der Waals surface area contributed by atoms with E-state index in [2.05, 4.69) is 10.1 Å². The molecule has 1 aromatic heterocycles. The third-order valence-electron chi connectivity index (χ3n) is 2.91. The SMILES string of the molecule is C/C(=N\N(C)c1ncccc1[N+](=O)[O-])c1ccc(F)c(F)c1. The fourth-order valence-electron chi connectivity index (χ4n) is 1.83. The molecule has 0 unspecified atom stereocenters. The highest BCUT2D eigenvalue weighted by Gasteiger charge is 2.18. The summed E-state index contributed by atoms with van der Waals surface area (Å²) >= 11 is 0. The van der Waals surface area contributed by atoms with Crippen molar-refractivity contribution in [3.05, 3.63) is 63.8 Å². The standard InChI is InChI=1S/C14H12F2N4O2/c1-9(10-5-6-11(15)12(16)8-10)18-19(2)14-13(20(21)22)4-3-7-17-14/h3-8H,1-2H3/b18-9+. The van der Waals surface area contributed by atoms with Crippen molar-refractivity contribution in [2.75, 3.05) is 12.1 Å². The molecule has 0 N–H and O–H groups in total. The summed E-state index contributed by atoms with van der Waals surface area (Å²) in [6, 6.07) is 6.13. The van der Waals surface area contributed by atoms with Gasteiger partial charge in [-0.05, 0) is 31.2 Å². The maximum absolute atomic E-state index is 13.2. The van der Waals surface area contributed by atoms with Crippen LogP contribution in [0.3, 0.4) is 0 Å².